The smallest absolute Gasteiger partial charge is 0.242 e. The molecule has 7 nitrogen and oxygen atoms in total. The summed E-state index contributed by atoms with van der Waals surface area (Å²) in [6, 6.07) is 8.96. The Hall–Kier alpha value is -2.00. The van der Waals surface area contributed by atoms with E-state index >= 15 is 0 Å². The van der Waals surface area contributed by atoms with Crippen molar-refractivity contribution in [3.8, 4) is 11.5 Å². The molecule has 0 spiro atoms. The van der Waals surface area contributed by atoms with E-state index in [2.05, 4.69) is 10.0 Å². The summed E-state index contributed by atoms with van der Waals surface area (Å²) in [5.74, 6) is 0.550. The van der Waals surface area contributed by atoms with E-state index in [9.17, 15) is 13.2 Å². The van der Waals surface area contributed by atoms with Gasteiger partial charge in [-0.2, -0.15) is 0 Å². The molecule has 1 aliphatic heterocycles. The molecule has 2 N–H and O–H groups in total. The van der Waals surface area contributed by atoms with E-state index < -0.39 is 22.5 Å². The Morgan fingerprint density at radius 3 is 2.54 bits per heavy atom. The van der Waals surface area contributed by atoms with Gasteiger partial charge in [0.1, 0.15) is 18.1 Å². The van der Waals surface area contributed by atoms with Crippen molar-refractivity contribution in [2.24, 2.45) is 0 Å². The Kier molecular flexibility index (Phi) is 5.57. The largest absolute Gasteiger partial charge is 0.486 e. The SMILES string of the molecule is O=C(CNS(=O)(=O)c1cc(Cl)ccc1Cl)Nc1ccc2c(c1)OCCO2. The molecule has 0 saturated carbocycles. The monoisotopic (exact) mass is 416 g/mol. The first kappa shape index (κ1) is 18.8. The molecule has 1 amide bonds. The number of ether oxygens (including phenoxy) is 2. The summed E-state index contributed by atoms with van der Waals surface area (Å²) < 4.78 is 37.6. The first-order valence-corrected chi connectivity index (χ1v) is 9.73. The molecular weight excluding hydrogens is 403 g/mol. The molecule has 3 rings (SSSR count). The molecule has 0 aromatic heterocycles. The minimum Gasteiger partial charge on any atom is -0.486 e. The average molecular weight is 417 g/mol. The van der Waals surface area contributed by atoms with Crippen LogP contribution in [0.4, 0.5) is 5.69 Å². The van der Waals surface area contributed by atoms with Gasteiger partial charge in [0.25, 0.3) is 0 Å². The quantitative estimate of drug-likeness (QED) is 0.781. The molecule has 26 heavy (non-hydrogen) atoms. The van der Waals surface area contributed by atoms with E-state index in [0.29, 0.717) is 30.4 Å². The number of rotatable bonds is 5. The zero-order valence-electron chi connectivity index (χ0n) is 13.3. The van der Waals surface area contributed by atoms with Crippen molar-refractivity contribution in [1.82, 2.24) is 4.72 Å². The summed E-state index contributed by atoms with van der Waals surface area (Å²) in [6.45, 7) is 0.413. The molecule has 0 bridgehead atoms. The molecule has 1 heterocycles. The lowest BCUT2D eigenvalue weighted by atomic mass is 10.2. The van der Waals surface area contributed by atoms with E-state index in [0.717, 1.165) is 0 Å². The molecule has 0 saturated heterocycles. The Morgan fingerprint density at radius 1 is 1.04 bits per heavy atom. The summed E-state index contributed by atoms with van der Waals surface area (Å²) in [5.41, 5.74) is 0.458. The number of carbonyl (C=O) groups is 1. The lowest BCUT2D eigenvalue weighted by Gasteiger charge is -2.19. The van der Waals surface area contributed by atoms with Crippen LogP contribution in [0.2, 0.25) is 10.0 Å². The second-order valence-corrected chi connectivity index (χ2v) is 7.88. The molecule has 0 unspecified atom stereocenters. The third kappa shape index (κ3) is 4.39. The summed E-state index contributed by atoms with van der Waals surface area (Å²) in [5, 5.41) is 2.81. The van der Waals surface area contributed by atoms with Crippen molar-refractivity contribution >= 4 is 44.8 Å². The molecule has 2 aromatic rings. The zero-order chi connectivity index (χ0) is 18.7. The highest BCUT2D eigenvalue weighted by molar-refractivity contribution is 7.89. The first-order chi connectivity index (χ1) is 12.3. The van der Waals surface area contributed by atoms with Gasteiger partial charge in [-0.3, -0.25) is 4.79 Å². The van der Waals surface area contributed by atoms with Gasteiger partial charge in [-0.15, -0.1) is 0 Å². The maximum Gasteiger partial charge on any atom is 0.242 e. The van der Waals surface area contributed by atoms with E-state index in [1.807, 2.05) is 0 Å². The third-order valence-corrected chi connectivity index (χ3v) is 5.55. The minimum absolute atomic E-state index is 0.00847. The average Bonchev–Trinajstić information content (AvgIpc) is 2.62. The molecule has 0 fully saturated rings. The second kappa shape index (κ2) is 7.71. The van der Waals surface area contributed by atoms with Crippen LogP contribution in [0.5, 0.6) is 11.5 Å². The maximum atomic E-state index is 12.3. The van der Waals surface area contributed by atoms with Crippen LogP contribution in [0, 0.1) is 0 Å². The number of amides is 1. The fourth-order valence-electron chi connectivity index (χ4n) is 2.25. The van der Waals surface area contributed by atoms with Crippen molar-refractivity contribution in [3.63, 3.8) is 0 Å². The van der Waals surface area contributed by atoms with Gasteiger partial charge in [-0.05, 0) is 30.3 Å². The Balaban J connectivity index is 1.64. The highest BCUT2D eigenvalue weighted by Crippen LogP contribution is 2.32. The predicted octanol–water partition coefficient (Wildman–Crippen LogP) is 2.68. The van der Waals surface area contributed by atoms with Crippen molar-refractivity contribution in [1.29, 1.82) is 0 Å². The summed E-state index contributed by atoms with van der Waals surface area (Å²) in [4.78, 5) is 11.8. The number of benzene rings is 2. The number of fused-ring (bicyclic) bond motifs is 1. The molecule has 0 atom stereocenters. The number of carbonyl (C=O) groups excluding carboxylic acids is 1. The van der Waals surface area contributed by atoms with Crippen LogP contribution in [-0.4, -0.2) is 34.1 Å². The molecule has 138 valence electrons. The maximum absolute atomic E-state index is 12.3. The molecule has 10 heteroatoms. The summed E-state index contributed by atoms with van der Waals surface area (Å²) in [6.07, 6.45) is 0. The first-order valence-electron chi connectivity index (χ1n) is 7.49. The van der Waals surface area contributed by atoms with Crippen molar-refractivity contribution in [2.75, 3.05) is 25.1 Å². The number of sulfonamides is 1. The molecule has 0 radical (unpaired) electrons. The third-order valence-electron chi connectivity index (χ3n) is 3.43. The molecular formula is C16H14Cl2N2O5S. The highest BCUT2D eigenvalue weighted by atomic mass is 35.5. The number of hydrogen-bond donors (Lipinski definition) is 2. The van der Waals surface area contributed by atoms with Crippen LogP contribution in [0.15, 0.2) is 41.3 Å². The number of hydrogen-bond acceptors (Lipinski definition) is 5. The Bertz CT molecular complexity index is 950. The topological polar surface area (TPSA) is 93.7 Å². The zero-order valence-corrected chi connectivity index (χ0v) is 15.6. The Morgan fingerprint density at radius 2 is 1.77 bits per heavy atom. The normalized spacial score (nSPS) is 13.3. The van der Waals surface area contributed by atoms with Gasteiger partial charge < -0.3 is 14.8 Å². The fourth-order valence-corrected chi connectivity index (χ4v) is 3.99. The molecule has 2 aromatic carbocycles. The molecule has 1 aliphatic rings. The van der Waals surface area contributed by atoms with E-state index in [1.165, 1.54) is 18.2 Å². The van der Waals surface area contributed by atoms with Crippen LogP contribution >= 0.6 is 23.2 Å². The number of halogens is 2. The number of nitrogens with one attached hydrogen (secondary N) is 2. The highest BCUT2D eigenvalue weighted by Gasteiger charge is 2.20. The van der Waals surface area contributed by atoms with Crippen molar-refractivity contribution in [3.05, 3.63) is 46.4 Å². The van der Waals surface area contributed by atoms with Crippen molar-refractivity contribution in [2.45, 2.75) is 4.90 Å². The predicted molar refractivity (Wildman–Crippen MR) is 97.7 cm³/mol. The number of anilines is 1. The van der Waals surface area contributed by atoms with Crippen LogP contribution in [-0.2, 0) is 14.8 Å². The molecule has 0 aliphatic carbocycles. The Labute approximate surface area is 160 Å². The summed E-state index contributed by atoms with van der Waals surface area (Å²) >= 11 is 11.7. The lowest BCUT2D eigenvalue weighted by molar-refractivity contribution is -0.115. The van der Waals surface area contributed by atoms with Crippen LogP contribution < -0.4 is 19.5 Å². The van der Waals surface area contributed by atoms with Gasteiger partial charge in [0.15, 0.2) is 11.5 Å². The van der Waals surface area contributed by atoms with Gasteiger partial charge in [0, 0.05) is 16.8 Å². The van der Waals surface area contributed by atoms with E-state index in [1.54, 1.807) is 18.2 Å². The van der Waals surface area contributed by atoms with Gasteiger partial charge in [-0.25, -0.2) is 13.1 Å². The van der Waals surface area contributed by atoms with E-state index in [-0.39, 0.29) is 14.9 Å². The van der Waals surface area contributed by atoms with Crippen LogP contribution in [0.1, 0.15) is 0 Å². The van der Waals surface area contributed by atoms with Gasteiger partial charge in [0.05, 0.1) is 11.6 Å². The van der Waals surface area contributed by atoms with Crippen LogP contribution in [0.25, 0.3) is 0 Å². The fraction of sp³-hybridized carbons (Fsp3) is 0.188. The van der Waals surface area contributed by atoms with Crippen LogP contribution in [0.3, 0.4) is 0 Å². The second-order valence-electron chi connectivity index (χ2n) is 5.31. The van der Waals surface area contributed by atoms with Gasteiger partial charge >= 0.3 is 0 Å². The standard InChI is InChI=1S/C16H14Cl2N2O5S/c17-10-1-3-12(18)15(7-10)26(22,23)19-9-16(21)20-11-2-4-13-14(8-11)25-6-5-24-13/h1-4,7-8,19H,5-6,9H2,(H,20,21). The minimum atomic E-state index is -3.99. The van der Waals surface area contributed by atoms with Crippen molar-refractivity contribution < 1.29 is 22.7 Å². The van der Waals surface area contributed by atoms with Gasteiger partial charge in [0.2, 0.25) is 15.9 Å². The van der Waals surface area contributed by atoms with E-state index in [4.69, 9.17) is 32.7 Å². The lowest BCUT2D eigenvalue weighted by Crippen LogP contribution is -2.33. The van der Waals surface area contributed by atoms with Gasteiger partial charge in [-0.1, -0.05) is 23.2 Å². The summed E-state index contributed by atoms with van der Waals surface area (Å²) in [7, 11) is -3.99.